The molecule has 0 bridgehead atoms. The van der Waals surface area contributed by atoms with E-state index < -0.39 is 0 Å². The van der Waals surface area contributed by atoms with Gasteiger partial charge in [0.1, 0.15) is 0 Å². The van der Waals surface area contributed by atoms with Crippen LogP contribution < -0.4 is 5.73 Å². The minimum Gasteiger partial charge on any atom is -0.326 e. The zero-order chi connectivity index (χ0) is 14.3. The van der Waals surface area contributed by atoms with E-state index in [1.54, 1.807) is 0 Å². The van der Waals surface area contributed by atoms with Gasteiger partial charge in [-0.1, -0.05) is 45.0 Å². The smallest absolute Gasteiger partial charge is 0.0239 e. The third kappa shape index (κ3) is 3.37. The summed E-state index contributed by atoms with van der Waals surface area (Å²) in [6, 6.07) is 9.38. The monoisotopic (exact) mass is 260 g/mol. The van der Waals surface area contributed by atoms with Crippen LogP contribution in [-0.4, -0.2) is 23.0 Å². The highest BCUT2D eigenvalue weighted by Crippen LogP contribution is 2.30. The van der Waals surface area contributed by atoms with E-state index in [0.29, 0.717) is 6.04 Å². The van der Waals surface area contributed by atoms with Crippen molar-refractivity contribution < 1.29 is 0 Å². The van der Waals surface area contributed by atoms with Gasteiger partial charge in [-0.25, -0.2) is 0 Å². The standard InChI is InChI=1S/C17H28N2/c1-16(2,3)14-8-6-13(7-9-14)11-19-12-15(18)10-17(19,4)5/h6-9,15H,10-12,18H2,1-5H3. The fourth-order valence-corrected chi connectivity index (χ4v) is 2.97. The normalized spacial score (nSPS) is 23.8. The quantitative estimate of drug-likeness (QED) is 0.884. The van der Waals surface area contributed by atoms with Crippen LogP contribution in [0.4, 0.5) is 0 Å². The maximum atomic E-state index is 6.09. The first-order valence-corrected chi connectivity index (χ1v) is 7.28. The van der Waals surface area contributed by atoms with Crippen molar-refractivity contribution in [3.05, 3.63) is 35.4 Å². The lowest BCUT2D eigenvalue weighted by molar-refractivity contribution is 0.166. The zero-order valence-corrected chi connectivity index (χ0v) is 13.0. The highest BCUT2D eigenvalue weighted by atomic mass is 15.2. The Kier molecular flexibility index (Phi) is 3.76. The number of nitrogens with zero attached hydrogens (tertiary/aromatic N) is 1. The maximum Gasteiger partial charge on any atom is 0.0239 e. The van der Waals surface area contributed by atoms with Crippen molar-refractivity contribution in [2.24, 2.45) is 5.73 Å². The minimum atomic E-state index is 0.224. The summed E-state index contributed by atoms with van der Waals surface area (Å²) in [6.07, 6.45) is 1.09. The van der Waals surface area contributed by atoms with Crippen molar-refractivity contribution in [2.75, 3.05) is 6.54 Å². The first-order valence-electron chi connectivity index (χ1n) is 7.28. The van der Waals surface area contributed by atoms with E-state index in [0.717, 1.165) is 19.5 Å². The van der Waals surface area contributed by atoms with Crippen LogP contribution in [0.5, 0.6) is 0 Å². The third-order valence-electron chi connectivity index (χ3n) is 4.27. The molecular formula is C17H28N2. The molecule has 1 fully saturated rings. The van der Waals surface area contributed by atoms with Crippen molar-refractivity contribution in [3.8, 4) is 0 Å². The second-order valence-corrected chi connectivity index (χ2v) is 7.60. The summed E-state index contributed by atoms with van der Waals surface area (Å²) >= 11 is 0. The van der Waals surface area contributed by atoms with Gasteiger partial charge in [-0.15, -0.1) is 0 Å². The molecule has 1 unspecified atom stereocenters. The SMILES string of the molecule is CC(C)(C)c1ccc(CN2CC(N)CC2(C)C)cc1. The average Bonchev–Trinajstić information content (AvgIpc) is 2.51. The Morgan fingerprint density at radius 3 is 2.21 bits per heavy atom. The molecule has 1 aromatic carbocycles. The number of benzene rings is 1. The van der Waals surface area contributed by atoms with Gasteiger partial charge in [0.2, 0.25) is 0 Å². The Morgan fingerprint density at radius 1 is 1.21 bits per heavy atom. The zero-order valence-electron chi connectivity index (χ0n) is 13.0. The van der Waals surface area contributed by atoms with E-state index in [2.05, 4.69) is 63.8 Å². The van der Waals surface area contributed by atoms with Gasteiger partial charge in [-0.2, -0.15) is 0 Å². The summed E-state index contributed by atoms with van der Waals surface area (Å²) < 4.78 is 0. The molecule has 1 aromatic rings. The summed E-state index contributed by atoms with van der Waals surface area (Å²) in [4.78, 5) is 2.50. The van der Waals surface area contributed by atoms with Gasteiger partial charge in [-0.05, 0) is 36.8 Å². The second-order valence-electron chi connectivity index (χ2n) is 7.60. The molecule has 1 heterocycles. The van der Waals surface area contributed by atoms with E-state index in [-0.39, 0.29) is 11.0 Å². The number of hydrogen-bond donors (Lipinski definition) is 1. The first kappa shape index (κ1) is 14.5. The molecule has 0 saturated carbocycles. The molecule has 1 aliphatic rings. The van der Waals surface area contributed by atoms with Crippen LogP contribution in [0.3, 0.4) is 0 Å². The summed E-state index contributed by atoms with van der Waals surface area (Å²) in [5, 5.41) is 0. The number of nitrogens with two attached hydrogens (primary N) is 1. The molecule has 106 valence electrons. The largest absolute Gasteiger partial charge is 0.326 e. The number of rotatable bonds is 2. The highest BCUT2D eigenvalue weighted by Gasteiger charge is 2.36. The lowest BCUT2D eigenvalue weighted by Crippen LogP contribution is -2.37. The van der Waals surface area contributed by atoms with Crippen LogP contribution in [0.2, 0.25) is 0 Å². The topological polar surface area (TPSA) is 29.3 Å². The van der Waals surface area contributed by atoms with Gasteiger partial charge in [0, 0.05) is 24.7 Å². The number of likely N-dealkylation sites (tertiary alicyclic amines) is 1. The minimum absolute atomic E-state index is 0.224. The van der Waals surface area contributed by atoms with E-state index in [9.17, 15) is 0 Å². The fraction of sp³-hybridized carbons (Fsp3) is 0.647. The van der Waals surface area contributed by atoms with Crippen LogP contribution >= 0.6 is 0 Å². The Morgan fingerprint density at radius 2 is 1.79 bits per heavy atom. The first-order chi connectivity index (χ1) is 8.68. The third-order valence-corrected chi connectivity index (χ3v) is 4.27. The molecule has 0 aromatic heterocycles. The Labute approximate surface area is 118 Å². The molecule has 2 heteroatoms. The van der Waals surface area contributed by atoms with Gasteiger partial charge in [0.25, 0.3) is 0 Å². The molecule has 19 heavy (non-hydrogen) atoms. The van der Waals surface area contributed by atoms with E-state index in [1.807, 2.05) is 0 Å². The summed E-state index contributed by atoms with van der Waals surface area (Å²) in [6.45, 7) is 13.4. The lowest BCUT2D eigenvalue weighted by Gasteiger charge is -2.31. The Balaban J connectivity index is 2.08. The van der Waals surface area contributed by atoms with Gasteiger partial charge in [-0.3, -0.25) is 4.90 Å². The predicted octanol–water partition coefficient (Wildman–Crippen LogP) is 3.30. The summed E-state index contributed by atoms with van der Waals surface area (Å²) in [5.41, 5.74) is 9.33. The molecule has 2 N–H and O–H groups in total. The fourth-order valence-electron chi connectivity index (χ4n) is 2.97. The van der Waals surface area contributed by atoms with Gasteiger partial charge in [0.15, 0.2) is 0 Å². The molecule has 2 nitrogen and oxygen atoms in total. The van der Waals surface area contributed by atoms with Crippen molar-refractivity contribution in [3.63, 3.8) is 0 Å². The van der Waals surface area contributed by atoms with Crippen molar-refractivity contribution in [1.29, 1.82) is 0 Å². The predicted molar refractivity (Wildman–Crippen MR) is 82.2 cm³/mol. The van der Waals surface area contributed by atoms with Crippen LogP contribution in [0.15, 0.2) is 24.3 Å². The average molecular weight is 260 g/mol. The van der Waals surface area contributed by atoms with Crippen LogP contribution in [0.25, 0.3) is 0 Å². The van der Waals surface area contributed by atoms with E-state index >= 15 is 0 Å². The van der Waals surface area contributed by atoms with E-state index in [4.69, 9.17) is 5.73 Å². The summed E-state index contributed by atoms with van der Waals surface area (Å²) in [5.74, 6) is 0. The number of hydrogen-bond acceptors (Lipinski definition) is 2. The van der Waals surface area contributed by atoms with Crippen LogP contribution in [0.1, 0.15) is 52.2 Å². The van der Waals surface area contributed by atoms with Gasteiger partial charge in [0.05, 0.1) is 0 Å². The molecule has 1 atom stereocenters. The molecule has 0 spiro atoms. The molecule has 2 rings (SSSR count). The molecular weight excluding hydrogens is 232 g/mol. The van der Waals surface area contributed by atoms with Crippen molar-refractivity contribution >= 4 is 0 Å². The summed E-state index contributed by atoms with van der Waals surface area (Å²) in [7, 11) is 0. The van der Waals surface area contributed by atoms with Crippen molar-refractivity contribution in [2.45, 2.75) is 64.6 Å². The van der Waals surface area contributed by atoms with E-state index in [1.165, 1.54) is 11.1 Å². The maximum absolute atomic E-state index is 6.09. The lowest BCUT2D eigenvalue weighted by atomic mass is 9.86. The van der Waals surface area contributed by atoms with Gasteiger partial charge >= 0.3 is 0 Å². The molecule has 0 radical (unpaired) electrons. The van der Waals surface area contributed by atoms with Crippen LogP contribution in [0, 0.1) is 0 Å². The Bertz CT molecular complexity index is 426. The van der Waals surface area contributed by atoms with Crippen LogP contribution in [-0.2, 0) is 12.0 Å². The van der Waals surface area contributed by atoms with Crippen molar-refractivity contribution in [1.82, 2.24) is 4.90 Å². The Hall–Kier alpha value is -0.860. The highest BCUT2D eigenvalue weighted by molar-refractivity contribution is 5.27. The molecule has 0 aliphatic carbocycles. The second kappa shape index (κ2) is 4.92. The molecule has 0 amide bonds. The molecule has 1 aliphatic heterocycles. The van der Waals surface area contributed by atoms with Gasteiger partial charge < -0.3 is 5.73 Å². The molecule has 1 saturated heterocycles.